The normalized spacial score (nSPS) is 12.7. The maximum Gasteiger partial charge on any atom is 0.124 e. The fourth-order valence-electron chi connectivity index (χ4n) is 1.56. The lowest BCUT2D eigenvalue weighted by Gasteiger charge is -2.17. The molecule has 1 rings (SSSR count). The molecule has 0 aromatic heterocycles. The Kier molecular flexibility index (Phi) is 7.20. The van der Waals surface area contributed by atoms with Crippen LogP contribution in [0.5, 0.6) is 0 Å². The number of ether oxygens (including phenoxy) is 2. The number of halogens is 2. The van der Waals surface area contributed by atoms with E-state index in [0.29, 0.717) is 31.3 Å². The van der Waals surface area contributed by atoms with Gasteiger partial charge in [-0.3, -0.25) is 0 Å². The summed E-state index contributed by atoms with van der Waals surface area (Å²) in [5, 5.41) is 3.60. The number of likely N-dealkylation sites (N-methyl/N-ethyl adjacent to an activating group) is 1. The quantitative estimate of drug-likeness (QED) is 0.739. The molecule has 3 nitrogen and oxygen atoms in total. The van der Waals surface area contributed by atoms with Gasteiger partial charge in [0.2, 0.25) is 0 Å². The van der Waals surface area contributed by atoms with E-state index in [9.17, 15) is 4.39 Å². The number of nitrogens with one attached hydrogen (secondary N) is 1. The number of benzene rings is 1. The Morgan fingerprint density at radius 3 is 2.78 bits per heavy atom. The van der Waals surface area contributed by atoms with Gasteiger partial charge in [-0.25, -0.2) is 4.39 Å². The second-order valence-electron chi connectivity index (χ2n) is 3.99. The monoisotopic (exact) mass is 275 g/mol. The van der Waals surface area contributed by atoms with Gasteiger partial charge in [-0.05, 0) is 31.2 Å². The van der Waals surface area contributed by atoms with E-state index in [-0.39, 0.29) is 11.9 Å². The highest BCUT2D eigenvalue weighted by molar-refractivity contribution is 6.31. The molecule has 18 heavy (non-hydrogen) atoms. The van der Waals surface area contributed by atoms with Crippen molar-refractivity contribution < 1.29 is 13.9 Å². The van der Waals surface area contributed by atoms with Gasteiger partial charge in [0.05, 0.1) is 19.8 Å². The number of methoxy groups -OCH3 is 1. The molecule has 1 unspecified atom stereocenters. The Bertz CT molecular complexity index is 363. The summed E-state index contributed by atoms with van der Waals surface area (Å²) >= 11 is 5.99. The first-order valence-corrected chi connectivity index (χ1v) is 6.23. The molecule has 1 aromatic rings. The summed E-state index contributed by atoms with van der Waals surface area (Å²) < 4.78 is 23.3. The van der Waals surface area contributed by atoms with Gasteiger partial charge in [0, 0.05) is 18.2 Å². The van der Waals surface area contributed by atoms with Crippen molar-refractivity contribution in [3.05, 3.63) is 34.6 Å². The minimum Gasteiger partial charge on any atom is -0.382 e. The summed E-state index contributed by atoms with van der Waals surface area (Å²) in [6, 6.07) is 4.59. The Hall–Kier alpha value is -0.680. The Labute approximate surface area is 112 Å². The van der Waals surface area contributed by atoms with Crippen LogP contribution in [0.3, 0.4) is 0 Å². The predicted molar refractivity (Wildman–Crippen MR) is 70.7 cm³/mol. The van der Waals surface area contributed by atoms with Crippen LogP contribution in [0.1, 0.15) is 5.56 Å². The van der Waals surface area contributed by atoms with Crippen LogP contribution in [0.4, 0.5) is 4.39 Å². The molecule has 0 heterocycles. The molecular formula is C13H19ClFNO2. The Morgan fingerprint density at radius 1 is 1.39 bits per heavy atom. The summed E-state index contributed by atoms with van der Waals surface area (Å²) in [5.74, 6) is -0.318. The molecule has 0 radical (unpaired) electrons. The van der Waals surface area contributed by atoms with Crippen molar-refractivity contribution in [2.45, 2.75) is 12.5 Å². The topological polar surface area (TPSA) is 30.5 Å². The van der Waals surface area contributed by atoms with Gasteiger partial charge in [0.25, 0.3) is 0 Å². The Balaban J connectivity index is 2.46. The molecular weight excluding hydrogens is 257 g/mol. The zero-order valence-corrected chi connectivity index (χ0v) is 11.5. The summed E-state index contributed by atoms with van der Waals surface area (Å²) in [5.41, 5.74) is 0.910. The SMILES string of the molecule is CNC(COCCOC)Cc1ccc(F)cc1Cl. The fourth-order valence-corrected chi connectivity index (χ4v) is 1.81. The Morgan fingerprint density at radius 2 is 2.17 bits per heavy atom. The molecule has 0 fully saturated rings. The second kappa shape index (κ2) is 8.43. The summed E-state index contributed by atoms with van der Waals surface area (Å²) in [4.78, 5) is 0. The molecule has 0 aliphatic heterocycles. The summed E-state index contributed by atoms with van der Waals surface area (Å²) in [6.07, 6.45) is 0.697. The van der Waals surface area contributed by atoms with Crippen LogP contribution in [0, 0.1) is 5.82 Å². The van der Waals surface area contributed by atoms with E-state index in [4.69, 9.17) is 21.1 Å². The highest BCUT2D eigenvalue weighted by Crippen LogP contribution is 2.18. The van der Waals surface area contributed by atoms with Crippen LogP contribution in [0.25, 0.3) is 0 Å². The standard InChI is InChI=1S/C13H19ClFNO2/c1-16-12(9-18-6-5-17-2)7-10-3-4-11(15)8-13(10)14/h3-4,8,12,16H,5-7,9H2,1-2H3. The van der Waals surface area contributed by atoms with Crippen molar-refractivity contribution in [3.8, 4) is 0 Å². The lowest BCUT2D eigenvalue weighted by molar-refractivity contribution is 0.0598. The molecule has 5 heteroatoms. The highest BCUT2D eigenvalue weighted by Gasteiger charge is 2.10. The zero-order valence-electron chi connectivity index (χ0n) is 10.7. The fraction of sp³-hybridized carbons (Fsp3) is 0.538. The van der Waals surface area contributed by atoms with Crippen LogP contribution in [0.2, 0.25) is 5.02 Å². The van der Waals surface area contributed by atoms with Gasteiger partial charge in [-0.15, -0.1) is 0 Å². The lowest BCUT2D eigenvalue weighted by Crippen LogP contribution is -2.33. The van der Waals surface area contributed by atoms with Crippen LogP contribution in [-0.4, -0.2) is 40.0 Å². The van der Waals surface area contributed by atoms with E-state index in [1.807, 2.05) is 7.05 Å². The molecule has 0 spiro atoms. The van der Waals surface area contributed by atoms with Crippen molar-refractivity contribution in [3.63, 3.8) is 0 Å². The third-order valence-corrected chi connectivity index (χ3v) is 2.99. The van der Waals surface area contributed by atoms with Crippen LogP contribution in [-0.2, 0) is 15.9 Å². The van der Waals surface area contributed by atoms with Gasteiger partial charge in [-0.1, -0.05) is 17.7 Å². The van der Waals surface area contributed by atoms with Gasteiger partial charge in [0.15, 0.2) is 0 Å². The zero-order chi connectivity index (χ0) is 13.4. The maximum atomic E-state index is 12.9. The molecule has 0 amide bonds. The van der Waals surface area contributed by atoms with Crippen LogP contribution in [0.15, 0.2) is 18.2 Å². The van der Waals surface area contributed by atoms with Gasteiger partial charge in [-0.2, -0.15) is 0 Å². The van der Waals surface area contributed by atoms with Crippen molar-refractivity contribution in [1.82, 2.24) is 5.32 Å². The minimum absolute atomic E-state index is 0.143. The second-order valence-corrected chi connectivity index (χ2v) is 4.40. The van der Waals surface area contributed by atoms with E-state index in [1.165, 1.54) is 12.1 Å². The molecule has 102 valence electrons. The third-order valence-electron chi connectivity index (χ3n) is 2.64. The molecule has 0 saturated carbocycles. The highest BCUT2D eigenvalue weighted by atomic mass is 35.5. The first-order valence-electron chi connectivity index (χ1n) is 5.85. The first kappa shape index (κ1) is 15.4. The predicted octanol–water partition coefficient (Wildman–Crippen LogP) is 2.27. The van der Waals surface area contributed by atoms with Gasteiger partial charge in [0.1, 0.15) is 5.82 Å². The molecule has 0 aliphatic rings. The largest absolute Gasteiger partial charge is 0.382 e. The van der Waals surface area contributed by atoms with E-state index >= 15 is 0 Å². The maximum absolute atomic E-state index is 12.9. The van der Waals surface area contributed by atoms with Crippen molar-refractivity contribution in [2.24, 2.45) is 0 Å². The number of rotatable bonds is 8. The average molecular weight is 276 g/mol. The van der Waals surface area contributed by atoms with E-state index in [2.05, 4.69) is 5.32 Å². The molecule has 0 bridgehead atoms. The number of hydrogen-bond donors (Lipinski definition) is 1. The summed E-state index contributed by atoms with van der Waals surface area (Å²) in [7, 11) is 3.50. The lowest BCUT2D eigenvalue weighted by atomic mass is 10.1. The van der Waals surface area contributed by atoms with E-state index in [0.717, 1.165) is 5.56 Å². The molecule has 1 N–H and O–H groups in total. The van der Waals surface area contributed by atoms with E-state index in [1.54, 1.807) is 13.2 Å². The van der Waals surface area contributed by atoms with Crippen LogP contribution >= 0.6 is 11.6 Å². The first-order chi connectivity index (χ1) is 8.67. The minimum atomic E-state index is -0.318. The molecule has 0 saturated heterocycles. The molecule has 0 aliphatic carbocycles. The molecule has 1 atom stereocenters. The third kappa shape index (κ3) is 5.31. The van der Waals surface area contributed by atoms with Gasteiger partial charge < -0.3 is 14.8 Å². The summed E-state index contributed by atoms with van der Waals surface area (Å²) in [6.45, 7) is 1.70. The van der Waals surface area contributed by atoms with E-state index < -0.39 is 0 Å². The van der Waals surface area contributed by atoms with Crippen molar-refractivity contribution in [1.29, 1.82) is 0 Å². The van der Waals surface area contributed by atoms with Gasteiger partial charge >= 0.3 is 0 Å². The number of hydrogen-bond acceptors (Lipinski definition) is 3. The molecule has 1 aromatic carbocycles. The van der Waals surface area contributed by atoms with Crippen molar-refractivity contribution >= 4 is 11.6 Å². The average Bonchev–Trinajstić information content (AvgIpc) is 2.35. The smallest absolute Gasteiger partial charge is 0.124 e. The van der Waals surface area contributed by atoms with Crippen molar-refractivity contribution in [2.75, 3.05) is 34.0 Å². The van der Waals surface area contributed by atoms with Crippen LogP contribution < -0.4 is 5.32 Å².